The number of hydrogen-bond donors (Lipinski definition) is 4. The summed E-state index contributed by atoms with van der Waals surface area (Å²) in [4.78, 5) is 0. The van der Waals surface area contributed by atoms with Crippen molar-refractivity contribution < 1.29 is 17.9 Å². The first kappa shape index (κ1) is 29.2. The maximum Gasteiger partial charge on any atom is 0.167 e. The van der Waals surface area contributed by atoms with Crippen LogP contribution in [-0.4, -0.2) is 40.2 Å². The van der Waals surface area contributed by atoms with Crippen LogP contribution in [0.2, 0.25) is 0 Å². The molecule has 2 aliphatic rings. The average molecular weight is 578 g/mol. The van der Waals surface area contributed by atoms with Gasteiger partial charge < -0.3 is 20.8 Å². The molecular weight excluding hydrogens is 543 g/mol. The molecule has 3 aromatic rings. The summed E-state index contributed by atoms with van der Waals surface area (Å²) in [5.74, 6) is -1.42. The third-order valence-corrected chi connectivity index (χ3v) is 8.17. The fraction of sp³-hybridized carbons (Fsp3) is 0.355. The lowest BCUT2D eigenvalue weighted by Crippen LogP contribution is -2.23. The van der Waals surface area contributed by atoms with Gasteiger partial charge >= 0.3 is 0 Å². The minimum atomic E-state index is -0.733. The number of rotatable bonds is 9. The Labute approximate surface area is 242 Å². The minimum absolute atomic E-state index is 0.0119. The van der Waals surface area contributed by atoms with Crippen LogP contribution < -0.4 is 11.5 Å². The number of allylic oxidation sites excluding steroid dienone is 4. The molecule has 0 aliphatic heterocycles. The molecule has 0 bridgehead atoms. The van der Waals surface area contributed by atoms with Crippen LogP contribution in [0.15, 0.2) is 42.5 Å². The number of nitrogens with one attached hydrogen (secondary N) is 2. The Morgan fingerprint density at radius 3 is 1.95 bits per heavy atom. The molecule has 0 fully saturated rings. The predicted molar refractivity (Wildman–Crippen MR) is 157 cm³/mol. The van der Waals surface area contributed by atoms with Gasteiger partial charge in [0, 0.05) is 36.6 Å². The monoisotopic (exact) mass is 577 g/mol. The topological polar surface area (TPSA) is 140 Å². The van der Waals surface area contributed by atoms with Crippen LogP contribution in [0, 0.1) is 40.1 Å². The van der Waals surface area contributed by atoms with Gasteiger partial charge in [-0.2, -0.15) is 0 Å². The first-order chi connectivity index (χ1) is 20.2. The van der Waals surface area contributed by atoms with Crippen molar-refractivity contribution in [2.45, 2.75) is 45.1 Å². The number of nitrogens with two attached hydrogens (primary N) is 2. The molecule has 6 N–H and O–H groups in total. The van der Waals surface area contributed by atoms with Crippen LogP contribution >= 0.6 is 0 Å². The standard InChI is InChI=1S/C31H34F3N7O/c1-42-13-12-41-30(22-15-25(33)27(26(34)16-22)18-4-8-20(9-5-18)29(37)38)39-40-31(41)23-11-10-21(14-24(23)32)17-2-6-19(7-3-17)28(35)36/h2,4,10-11,14-16,19-20H,3,5-9,12-13H2,1H3,(H3,35,36)(H3,37,38). The van der Waals surface area contributed by atoms with E-state index in [0.29, 0.717) is 37.7 Å². The van der Waals surface area contributed by atoms with Gasteiger partial charge in [-0.1, -0.05) is 18.2 Å². The molecule has 0 saturated carbocycles. The second kappa shape index (κ2) is 12.3. The first-order valence-corrected chi connectivity index (χ1v) is 14.0. The number of hydrogen-bond acceptors (Lipinski definition) is 5. The largest absolute Gasteiger partial charge is 0.387 e. The van der Waals surface area contributed by atoms with Crippen LogP contribution in [-0.2, 0) is 11.3 Å². The second-order valence-electron chi connectivity index (χ2n) is 10.8. The fourth-order valence-corrected chi connectivity index (χ4v) is 5.74. The number of benzene rings is 2. The molecule has 220 valence electrons. The van der Waals surface area contributed by atoms with E-state index in [4.69, 9.17) is 27.0 Å². The van der Waals surface area contributed by atoms with Gasteiger partial charge in [0.2, 0.25) is 0 Å². The summed E-state index contributed by atoms with van der Waals surface area (Å²) in [6.07, 6.45) is 7.24. The molecule has 2 aliphatic carbocycles. The Bertz CT molecular complexity index is 1570. The van der Waals surface area contributed by atoms with E-state index in [-0.39, 0.29) is 65.0 Å². The minimum Gasteiger partial charge on any atom is -0.387 e. The summed E-state index contributed by atoms with van der Waals surface area (Å²) in [5, 5.41) is 23.7. The highest BCUT2D eigenvalue weighted by Crippen LogP contribution is 2.36. The summed E-state index contributed by atoms with van der Waals surface area (Å²) < 4.78 is 53.2. The van der Waals surface area contributed by atoms with Crippen molar-refractivity contribution in [2.24, 2.45) is 23.3 Å². The van der Waals surface area contributed by atoms with Gasteiger partial charge in [-0.3, -0.25) is 10.8 Å². The van der Waals surface area contributed by atoms with E-state index in [1.54, 1.807) is 16.7 Å². The number of aromatic nitrogens is 3. The van der Waals surface area contributed by atoms with E-state index < -0.39 is 17.5 Å². The van der Waals surface area contributed by atoms with Crippen molar-refractivity contribution in [3.63, 3.8) is 0 Å². The van der Waals surface area contributed by atoms with Crippen molar-refractivity contribution in [1.82, 2.24) is 14.8 Å². The van der Waals surface area contributed by atoms with Crippen LogP contribution in [0.1, 0.15) is 49.7 Å². The molecule has 1 heterocycles. The summed E-state index contributed by atoms with van der Waals surface area (Å²) in [6.45, 7) is 0.477. The second-order valence-corrected chi connectivity index (χ2v) is 10.8. The summed E-state index contributed by atoms with van der Waals surface area (Å²) in [6, 6.07) is 7.34. The molecule has 11 heteroatoms. The molecular formula is C31H34F3N7O. The van der Waals surface area contributed by atoms with E-state index in [2.05, 4.69) is 10.2 Å². The number of methoxy groups -OCH3 is 1. The Morgan fingerprint density at radius 2 is 1.43 bits per heavy atom. The highest BCUT2D eigenvalue weighted by Gasteiger charge is 2.25. The highest BCUT2D eigenvalue weighted by molar-refractivity contribution is 5.82. The van der Waals surface area contributed by atoms with E-state index >= 15 is 13.2 Å². The zero-order valence-electron chi connectivity index (χ0n) is 23.4. The Balaban J connectivity index is 1.47. The molecule has 2 atom stereocenters. The van der Waals surface area contributed by atoms with Crippen LogP contribution in [0.3, 0.4) is 0 Å². The fourth-order valence-electron chi connectivity index (χ4n) is 5.74. The molecule has 1 aromatic heterocycles. The Kier molecular flexibility index (Phi) is 8.58. The molecule has 42 heavy (non-hydrogen) atoms. The third kappa shape index (κ3) is 5.87. The van der Waals surface area contributed by atoms with Crippen molar-refractivity contribution in [3.05, 3.63) is 71.1 Å². The number of nitrogens with zero attached hydrogens (tertiary/aromatic N) is 3. The normalized spacial score (nSPS) is 18.9. The molecule has 0 amide bonds. The molecule has 2 aromatic carbocycles. The molecule has 0 spiro atoms. The van der Waals surface area contributed by atoms with Gasteiger partial charge in [0.25, 0.3) is 0 Å². The van der Waals surface area contributed by atoms with Crippen molar-refractivity contribution in [2.75, 3.05) is 13.7 Å². The van der Waals surface area contributed by atoms with Gasteiger partial charge in [0.05, 0.1) is 23.8 Å². The lowest BCUT2D eigenvalue weighted by atomic mass is 9.85. The number of amidine groups is 2. The third-order valence-electron chi connectivity index (χ3n) is 8.17. The van der Waals surface area contributed by atoms with Gasteiger partial charge in [-0.15, -0.1) is 10.2 Å². The van der Waals surface area contributed by atoms with Crippen molar-refractivity contribution >= 4 is 22.8 Å². The van der Waals surface area contributed by atoms with Crippen molar-refractivity contribution in [3.8, 4) is 22.8 Å². The Hall–Kier alpha value is -4.25. The molecule has 2 unspecified atom stereocenters. The maximum absolute atomic E-state index is 15.5. The van der Waals surface area contributed by atoms with Gasteiger partial charge in [0.15, 0.2) is 11.6 Å². The molecule has 8 nitrogen and oxygen atoms in total. The summed E-state index contributed by atoms with van der Waals surface area (Å²) >= 11 is 0. The van der Waals surface area contributed by atoms with E-state index in [1.165, 1.54) is 25.3 Å². The predicted octanol–water partition coefficient (Wildman–Crippen LogP) is 5.91. The SMILES string of the molecule is COCCn1c(-c2cc(F)c(C3=CCC(C(=N)N)CC3)c(F)c2)nnc1-c1ccc(C2=CCC(C(=N)N)CC2)cc1F. The van der Waals surface area contributed by atoms with Crippen LogP contribution in [0.5, 0.6) is 0 Å². The van der Waals surface area contributed by atoms with Crippen molar-refractivity contribution in [1.29, 1.82) is 10.8 Å². The summed E-state index contributed by atoms with van der Waals surface area (Å²) in [7, 11) is 1.52. The van der Waals surface area contributed by atoms with E-state index in [9.17, 15) is 0 Å². The van der Waals surface area contributed by atoms with E-state index in [0.717, 1.165) is 17.6 Å². The van der Waals surface area contributed by atoms with E-state index in [1.807, 2.05) is 12.1 Å². The zero-order chi connectivity index (χ0) is 30.0. The average Bonchev–Trinajstić information content (AvgIpc) is 3.39. The van der Waals surface area contributed by atoms with Gasteiger partial charge in [-0.05, 0) is 79.5 Å². The molecule has 0 radical (unpaired) electrons. The van der Waals surface area contributed by atoms with Crippen LogP contribution in [0.4, 0.5) is 13.2 Å². The smallest absolute Gasteiger partial charge is 0.167 e. The highest BCUT2D eigenvalue weighted by atomic mass is 19.1. The quantitative estimate of drug-likeness (QED) is 0.185. The van der Waals surface area contributed by atoms with Gasteiger partial charge in [-0.25, -0.2) is 13.2 Å². The number of ether oxygens (including phenoxy) is 1. The lowest BCUT2D eigenvalue weighted by Gasteiger charge is -2.22. The molecule has 5 rings (SSSR count). The Morgan fingerprint density at radius 1 is 0.857 bits per heavy atom. The van der Waals surface area contributed by atoms with Crippen LogP contribution in [0.25, 0.3) is 33.9 Å². The number of halogens is 3. The lowest BCUT2D eigenvalue weighted by molar-refractivity contribution is 0.188. The molecule has 0 saturated heterocycles. The first-order valence-electron chi connectivity index (χ1n) is 14.0. The van der Waals surface area contributed by atoms with Gasteiger partial charge in [0.1, 0.15) is 17.5 Å². The maximum atomic E-state index is 15.5. The zero-order valence-corrected chi connectivity index (χ0v) is 23.4. The summed E-state index contributed by atoms with van der Waals surface area (Å²) in [5.41, 5.74) is 13.8.